The van der Waals surface area contributed by atoms with Crippen LogP contribution in [0.2, 0.25) is 0 Å². The average molecular weight is 416 g/mol. The van der Waals surface area contributed by atoms with E-state index in [9.17, 15) is 5.11 Å². The number of nitrogens with zero attached hydrogens (tertiary/aromatic N) is 3. The second-order valence-corrected chi connectivity index (χ2v) is 9.95. The van der Waals surface area contributed by atoms with Crippen LogP contribution in [0.4, 0.5) is 0 Å². The molecule has 158 valence electrons. The summed E-state index contributed by atoms with van der Waals surface area (Å²) in [5.74, 6) is 1.07. The van der Waals surface area contributed by atoms with Crippen molar-refractivity contribution in [2.24, 2.45) is 0 Å². The predicted octanol–water partition coefficient (Wildman–Crippen LogP) is 4.69. The van der Waals surface area contributed by atoms with Crippen LogP contribution >= 0.6 is 11.3 Å². The van der Waals surface area contributed by atoms with Crippen LogP contribution in [-0.4, -0.2) is 51.8 Å². The minimum atomic E-state index is -0.471. The highest BCUT2D eigenvalue weighted by atomic mass is 32.1. The van der Waals surface area contributed by atoms with Gasteiger partial charge in [-0.25, -0.2) is 9.97 Å². The summed E-state index contributed by atoms with van der Waals surface area (Å²) in [6.45, 7) is 6.03. The fourth-order valence-corrected chi connectivity index (χ4v) is 6.51. The highest BCUT2D eigenvalue weighted by molar-refractivity contribution is 7.19. The fraction of sp³-hybridized carbons (Fsp3) is 0.652. The van der Waals surface area contributed by atoms with Gasteiger partial charge in [0, 0.05) is 10.4 Å². The summed E-state index contributed by atoms with van der Waals surface area (Å²) >= 11 is 1.76. The SMILES string of the molecule is C=CC(O)CC1CCc2sc3ncnc(OC4CCC(CC)(N(C)C)CC4)c3c21. The predicted molar refractivity (Wildman–Crippen MR) is 119 cm³/mol. The van der Waals surface area contributed by atoms with Crippen LogP contribution in [0.15, 0.2) is 19.0 Å². The van der Waals surface area contributed by atoms with E-state index >= 15 is 0 Å². The monoisotopic (exact) mass is 415 g/mol. The molecule has 0 spiro atoms. The lowest BCUT2D eigenvalue weighted by Gasteiger charge is -2.44. The molecular formula is C23H33N3O2S. The molecule has 4 rings (SSSR count). The average Bonchev–Trinajstić information content (AvgIpc) is 3.28. The number of hydrogen-bond acceptors (Lipinski definition) is 6. The van der Waals surface area contributed by atoms with Crippen molar-refractivity contribution < 1.29 is 9.84 Å². The van der Waals surface area contributed by atoms with Crippen LogP contribution in [0, 0.1) is 0 Å². The number of rotatable bonds is 7. The zero-order valence-corrected chi connectivity index (χ0v) is 18.7. The van der Waals surface area contributed by atoms with E-state index in [1.165, 1.54) is 16.9 Å². The van der Waals surface area contributed by atoms with Gasteiger partial charge in [0.05, 0.1) is 11.5 Å². The van der Waals surface area contributed by atoms with Crippen molar-refractivity contribution in [2.45, 2.75) is 82.0 Å². The van der Waals surface area contributed by atoms with Crippen molar-refractivity contribution in [1.82, 2.24) is 14.9 Å². The Bertz CT molecular complexity index is 870. The molecule has 29 heavy (non-hydrogen) atoms. The Morgan fingerprint density at radius 2 is 2.10 bits per heavy atom. The molecule has 6 heteroatoms. The Hall–Kier alpha value is -1.50. The number of thiophene rings is 1. The van der Waals surface area contributed by atoms with Crippen molar-refractivity contribution in [3.63, 3.8) is 0 Å². The van der Waals surface area contributed by atoms with Gasteiger partial charge in [0.2, 0.25) is 5.88 Å². The molecule has 2 heterocycles. The Labute approximate surface area is 177 Å². The molecule has 0 aliphatic heterocycles. The van der Waals surface area contributed by atoms with Crippen LogP contribution in [0.5, 0.6) is 5.88 Å². The van der Waals surface area contributed by atoms with Gasteiger partial charge in [-0.3, -0.25) is 0 Å². The van der Waals surface area contributed by atoms with Crippen LogP contribution < -0.4 is 4.74 Å². The zero-order valence-electron chi connectivity index (χ0n) is 17.9. The summed E-state index contributed by atoms with van der Waals surface area (Å²) < 4.78 is 6.50. The van der Waals surface area contributed by atoms with Crippen LogP contribution in [-0.2, 0) is 6.42 Å². The molecule has 2 aromatic heterocycles. The molecule has 2 unspecified atom stereocenters. The summed E-state index contributed by atoms with van der Waals surface area (Å²) in [6, 6.07) is 0. The van der Waals surface area contributed by atoms with E-state index in [1.54, 1.807) is 23.7 Å². The molecule has 0 amide bonds. The Balaban J connectivity index is 1.57. The van der Waals surface area contributed by atoms with Crippen molar-refractivity contribution in [3.8, 4) is 5.88 Å². The summed E-state index contributed by atoms with van der Waals surface area (Å²) in [4.78, 5) is 13.9. The molecule has 2 aliphatic carbocycles. The third-order valence-electron chi connectivity index (χ3n) is 7.24. The first-order chi connectivity index (χ1) is 14.0. The Morgan fingerprint density at radius 1 is 1.34 bits per heavy atom. The van der Waals surface area contributed by atoms with Gasteiger partial charge in [-0.05, 0) is 76.9 Å². The van der Waals surface area contributed by atoms with E-state index < -0.39 is 6.10 Å². The Kier molecular flexibility index (Phi) is 5.96. The smallest absolute Gasteiger partial charge is 0.225 e. The number of aliphatic hydroxyl groups excluding tert-OH is 1. The summed E-state index contributed by atoms with van der Waals surface area (Å²) in [6.07, 6.45) is 11.4. The van der Waals surface area contributed by atoms with Gasteiger partial charge in [0.1, 0.15) is 17.3 Å². The first-order valence-electron chi connectivity index (χ1n) is 10.9. The number of aromatic nitrogens is 2. The van der Waals surface area contributed by atoms with Gasteiger partial charge in [0.15, 0.2) is 0 Å². The minimum Gasteiger partial charge on any atom is -0.474 e. The second kappa shape index (κ2) is 8.32. The first-order valence-corrected chi connectivity index (χ1v) is 11.7. The molecule has 5 nitrogen and oxygen atoms in total. The molecule has 2 aliphatic rings. The largest absolute Gasteiger partial charge is 0.474 e. The Morgan fingerprint density at radius 3 is 2.76 bits per heavy atom. The van der Waals surface area contributed by atoms with Gasteiger partial charge < -0.3 is 14.7 Å². The maximum atomic E-state index is 10.1. The van der Waals surface area contributed by atoms with Crippen LogP contribution in [0.3, 0.4) is 0 Å². The second-order valence-electron chi connectivity index (χ2n) is 8.86. The van der Waals surface area contributed by atoms with E-state index in [2.05, 4.69) is 42.5 Å². The molecule has 1 N–H and O–H groups in total. The van der Waals surface area contributed by atoms with Crippen molar-refractivity contribution in [3.05, 3.63) is 29.4 Å². The standard InChI is InChI=1S/C23H33N3O2S/c1-5-16(27)13-15-7-8-18-19(15)20-21(24-14-25-22(20)29-18)28-17-9-11-23(6-2,12-10-17)26(3)4/h5,14-17,27H,1,6-13H2,2-4H3. The van der Waals surface area contributed by atoms with Gasteiger partial charge in [-0.2, -0.15) is 0 Å². The van der Waals surface area contributed by atoms with Crippen molar-refractivity contribution in [1.29, 1.82) is 0 Å². The van der Waals surface area contributed by atoms with E-state index in [4.69, 9.17) is 4.74 Å². The number of hydrogen-bond donors (Lipinski definition) is 1. The quantitative estimate of drug-likeness (QED) is 0.665. The molecule has 1 fully saturated rings. The molecule has 0 radical (unpaired) electrons. The van der Waals surface area contributed by atoms with Gasteiger partial charge in [0.25, 0.3) is 0 Å². The number of ether oxygens (including phenoxy) is 1. The first kappa shape index (κ1) is 20.8. The topological polar surface area (TPSA) is 58.5 Å². The van der Waals surface area contributed by atoms with Gasteiger partial charge in [-0.1, -0.05) is 13.0 Å². The molecule has 1 saturated carbocycles. The van der Waals surface area contributed by atoms with Gasteiger partial charge in [-0.15, -0.1) is 17.9 Å². The lowest BCUT2D eigenvalue weighted by molar-refractivity contribution is 0.0402. The summed E-state index contributed by atoms with van der Waals surface area (Å²) in [7, 11) is 4.40. The third-order valence-corrected chi connectivity index (χ3v) is 8.42. The minimum absolute atomic E-state index is 0.210. The lowest BCUT2D eigenvalue weighted by atomic mass is 9.77. The number of aryl methyl sites for hydroxylation is 1. The summed E-state index contributed by atoms with van der Waals surface area (Å²) in [5, 5.41) is 11.2. The number of fused-ring (bicyclic) bond motifs is 3. The molecular weight excluding hydrogens is 382 g/mol. The van der Waals surface area contributed by atoms with Gasteiger partial charge >= 0.3 is 0 Å². The van der Waals surface area contributed by atoms with E-state index in [-0.39, 0.29) is 6.10 Å². The molecule has 0 aromatic carbocycles. The summed E-state index contributed by atoms with van der Waals surface area (Å²) in [5.41, 5.74) is 1.62. The van der Waals surface area contributed by atoms with Crippen LogP contribution in [0.1, 0.15) is 68.2 Å². The maximum Gasteiger partial charge on any atom is 0.225 e. The van der Waals surface area contributed by atoms with Crippen molar-refractivity contribution in [2.75, 3.05) is 14.1 Å². The van der Waals surface area contributed by atoms with E-state index in [0.29, 0.717) is 17.9 Å². The normalized spacial score (nSPS) is 27.9. The van der Waals surface area contributed by atoms with E-state index in [1.807, 2.05) is 0 Å². The molecule has 0 saturated heterocycles. The van der Waals surface area contributed by atoms with Crippen molar-refractivity contribution >= 4 is 21.6 Å². The molecule has 0 bridgehead atoms. The zero-order chi connectivity index (χ0) is 20.6. The fourth-order valence-electron chi connectivity index (χ4n) is 5.27. The highest BCUT2D eigenvalue weighted by Gasteiger charge is 2.37. The third kappa shape index (κ3) is 3.82. The van der Waals surface area contributed by atoms with E-state index in [0.717, 1.165) is 54.6 Å². The molecule has 2 aromatic rings. The molecule has 2 atom stereocenters. The van der Waals surface area contributed by atoms with Crippen LogP contribution in [0.25, 0.3) is 10.2 Å². The maximum absolute atomic E-state index is 10.1. The lowest BCUT2D eigenvalue weighted by Crippen LogP contribution is -2.48. The highest BCUT2D eigenvalue weighted by Crippen LogP contribution is 2.48. The number of aliphatic hydroxyl groups is 1.